The van der Waals surface area contributed by atoms with Crippen LogP contribution in [-0.4, -0.2) is 27.7 Å². The smallest absolute Gasteiger partial charge is 0.338 e. The van der Waals surface area contributed by atoms with E-state index >= 15 is 0 Å². The lowest BCUT2D eigenvalue weighted by Gasteiger charge is -2.13. The van der Waals surface area contributed by atoms with Gasteiger partial charge >= 0.3 is 12.3 Å². The molecule has 0 aromatic carbocycles. The number of imidazole rings is 1. The van der Waals surface area contributed by atoms with Crippen LogP contribution in [-0.2, 0) is 18.3 Å². The summed E-state index contributed by atoms with van der Waals surface area (Å²) in [6, 6.07) is 0. The SMILES string of the molecule is Cn1ccnc1CC(=O)C(F)(F)C(F)F. The van der Waals surface area contributed by atoms with E-state index in [1.807, 2.05) is 0 Å². The number of carbonyl (C=O) groups is 1. The molecule has 1 aromatic rings. The van der Waals surface area contributed by atoms with E-state index in [4.69, 9.17) is 0 Å². The average Bonchev–Trinajstić information content (AvgIpc) is 2.51. The molecule has 0 unspecified atom stereocenters. The first-order valence-corrected chi connectivity index (χ1v) is 4.01. The number of Topliss-reactive ketones (excluding diaryl/α,β-unsaturated/α-hetero) is 1. The van der Waals surface area contributed by atoms with Crippen molar-refractivity contribution in [2.24, 2.45) is 7.05 Å². The minimum Gasteiger partial charge on any atom is -0.338 e. The van der Waals surface area contributed by atoms with Crippen molar-refractivity contribution in [2.75, 3.05) is 0 Å². The topological polar surface area (TPSA) is 34.9 Å². The highest BCUT2D eigenvalue weighted by Crippen LogP contribution is 2.25. The second-order valence-corrected chi connectivity index (χ2v) is 2.98. The monoisotopic (exact) mass is 224 g/mol. The Morgan fingerprint density at radius 1 is 1.60 bits per heavy atom. The Balaban J connectivity index is 2.76. The lowest BCUT2D eigenvalue weighted by Crippen LogP contribution is -2.38. The van der Waals surface area contributed by atoms with Gasteiger partial charge in [0.2, 0.25) is 5.78 Å². The summed E-state index contributed by atoms with van der Waals surface area (Å²) in [4.78, 5) is 14.4. The summed E-state index contributed by atoms with van der Waals surface area (Å²) in [6.45, 7) is 0. The molecule has 0 amide bonds. The Morgan fingerprint density at radius 3 is 2.60 bits per heavy atom. The molecule has 0 atom stereocenters. The molecule has 7 heteroatoms. The summed E-state index contributed by atoms with van der Waals surface area (Å²) in [5.41, 5.74) is 0. The molecule has 1 aromatic heterocycles. The summed E-state index contributed by atoms with van der Waals surface area (Å²) in [6.07, 6.45) is -2.06. The third kappa shape index (κ3) is 2.34. The first kappa shape index (κ1) is 11.7. The van der Waals surface area contributed by atoms with Gasteiger partial charge in [0.1, 0.15) is 5.82 Å². The number of aryl methyl sites for hydroxylation is 1. The van der Waals surface area contributed by atoms with Crippen LogP contribution in [0.15, 0.2) is 12.4 Å². The normalized spacial score (nSPS) is 12.1. The number of hydrogen-bond donors (Lipinski definition) is 0. The van der Waals surface area contributed by atoms with Crippen LogP contribution >= 0.6 is 0 Å². The average molecular weight is 224 g/mol. The standard InChI is InChI=1S/C8H8F4N2O/c1-14-3-2-13-6(14)4-5(15)8(11,12)7(9)10/h2-3,7H,4H2,1H3. The van der Waals surface area contributed by atoms with Crippen molar-refractivity contribution >= 4 is 5.78 Å². The van der Waals surface area contributed by atoms with Gasteiger partial charge in [-0.05, 0) is 0 Å². The van der Waals surface area contributed by atoms with Crippen LogP contribution in [0.3, 0.4) is 0 Å². The number of alkyl halides is 4. The van der Waals surface area contributed by atoms with Crippen molar-refractivity contribution in [1.82, 2.24) is 9.55 Å². The molecule has 1 rings (SSSR count). The van der Waals surface area contributed by atoms with Crippen molar-refractivity contribution < 1.29 is 22.4 Å². The second kappa shape index (κ2) is 4.00. The highest BCUT2D eigenvalue weighted by molar-refractivity contribution is 5.87. The maximum absolute atomic E-state index is 12.5. The second-order valence-electron chi connectivity index (χ2n) is 2.98. The van der Waals surface area contributed by atoms with Crippen molar-refractivity contribution in [2.45, 2.75) is 18.8 Å². The zero-order valence-electron chi connectivity index (χ0n) is 7.75. The number of hydrogen-bond acceptors (Lipinski definition) is 2. The van der Waals surface area contributed by atoms with E-state index in [-0.39, 0.29) is 5.82 Å². The molecular formula is C8H8F4N2O. The van der Waals surface area contributed by atoms with Gasteiger partial charge in [-0.3, -0.25) is 4.79 Å². The number of rotatable bonds is 4. The van der Waals surface area contributed by atoms with Gasteiger partial charge in [-0.15, -0.1) is 0 Å². The zero-order chi connectivity index (χ0) is 11.6. The quantitative estimate of drug-likeness (QED) is 0.725. The molecule has 0 N–H and O–H groups in total. The van der Waals surface area contributed by atoms with Crippen LogP contribution in [0.5, 0.6) is 0 Å². The molecule has 0 spiro atoms. The molecule has 0 aliphatic rings. The molecule has 0 saturated carbocycles. The lowest BCUT2D eigenvalue weighted by molar-refractivity contribution is -0.166. The lowest BCUT2D eigenvalue weighted by atomic mass is 10.1. The van der Waals surface area contributed by atoms with Crippen molar-refractivity contribution in [3.63, 3.8) is 0 Å². The number of aromatic nitrogens is 2. The van der Waals surface area contributed by atoms with E-state index < -0.39 is 24.6 Å². The molecule has 3 nitrogen and oxygen atoms in total. The minimum absolute atomic E-state index is 0.0281. The number of carbonyl (C=O) groups excluding carboxylic acids is 1. The van der Waals surface area contributed by atoms with Gasteiger partial charge in [0.25, 0.3) is 0 Å². The predicted molar refractivity (Wildman–Crippen MR) is 42.9 cm³/mol. The Bertz CT molecular complexity index is 361. The third-order valence-corrected chi connectivity index (χ3v) is 1.89. The number of ketones is 1. The van der Waals surface area contributed by atoms with Crippen molar-refractivity contribution in [3.8, 4) is 0 Å². The Labute approximate surface area is 82.7 Å². The van der Waals surface area contributed by atoms with Gasteiger partial charge in [-0.25, -0.2) is 13.8 Å². The summed E-state index contributed by atoms with van der Waals surface area (Å²) in [5, 5.41) is 0. The van der Waals surface area contributed by atoms with E-state index in [9.17, 15) is 22.4 Å². The Morgan fingerprint density at radius 2 is 2.20 bits per heavy atom. The highest BCUT2D eigenvalue weighted by atomic mass is 19.3. The predicted octanol–water partition coefficient (Wildman–Crippen LogP) is 1.43. The summed E-state index contributed by atoms with van der Waals surface area (Å²) < 4.78 is 50.0. The number of nitrogens with zero attached hydrogens (tertiary/aromatic N) is 2. The Hall–Kier alpha value is -1.40. The maximum atomic E-state index is 12.5. The summed E-state index contributed by atoms with van der Waals surface area (Å²) in [7, 11) is 1.48. The highest BCUT2D eigenvalue weighted by Gasteiger charge is 2.48. The molecule has 15 heavy (non-hydrogen) atoms. The molecule has 0 aliphatic heterocycles. The molecule has 0 aliphatic carbocycles. The molecular weight excluding hydrogens is 216 g/mol. The fraction of sp³-hybridized carbons (Fsp3) is 0.500. The Kier molecular flexibility index (Phi) is 3.11. The van der Waals surface area contributed by atoms with Crippen molar-refractivity contribution in [3.05, 3.63) is 18.2 Å². The van der Waals surface area contributed by atoms with Crippen LogP contribution in [0.2, 0.25) is 0 Å². The van der Waals surface area contributed by atoms with E-state index in [0.29, 0.717) is 0 Å². The minimum atomic E-state index is -4.61. The van der Waals surface area contributed by atoms with Crippen LogP contribution in [0.1, 0.15) is 5.82 Å². The van der Waals surface area contributed by atoms with Gasteiger partial charge in [0.15, 0.2) is 0 Å². The van der Waals surface area contributed by atoms with Gasteiger partial charge in [0, 0.05) is 19.4 Å². The summed E-state index contributed by atoms with van der Waals surface area (Å²) >= 11 is 0. The van der Waals surface area contributed by atoms with E-state index in [1.54, 1.807) is 0 Å². The van der Waals surface area contributed by atoms with E-state index in [2.05, 4.69) is 4.98 Å². The third-order valence-electron chi connectivity index (χ3n) is 1.89. The molecule has 0 fully saturated rings. The van der Waals surface area contributed by atoms with Crippen molar-refractivity contribution in [1.29, 1.82) is 0 Å². The first-order chi connectivity index (χ1) is 6.85. The van der Waals surface area contributed by atoms with Gasteiger partial charge in [-0.1, -0.05) is 0 Å². The number of halogens is 4. The van der Waals surface area contributed by atoms with Crippen LogP contribution in [0, 0.1) is 0 Å². The molecule has 1 heterocycles. The summed E-state index contributed by atoms with van der Waals surface area (Å²) in [5.74, 6) is -6.40. The van der Waals surface area contributed by atoms with E-state index in [1.165, 1.54) is 24.0 Å². The molecule has 0 bridgehead atoms. The molecule has 84 valence electrons. The van der Waals surface area contributed by atoms with Gasteiger partial charge in [0.05, 0.1) is 6.42 Å². The first-order valence-electron chi connectivity index (χ1n) is 4.01. The fourth-order valence-electron chi connectivity index (χ4n) is 0.950. The van der Waals surface area contributed by atoms with E-state index in [0.717, 1.165) is 0 Å². The van der Waals surface area contributed by atoms with Crippen LogP contribution in [0.25, 0.3) is 0 Å². The van der Waals surface area contributed by atoms with Gasteiger partial charge in [-0.2, -0.15) is 8.78 Å². The largest absolute Gasteiger partial charge is 0.364 e. The fourth-order valence-corrected chi connectivity index (χ4v) is 0.950. The van der Waals surface area contributed by atoms with Crippen LogP contribution < -0.4 is 0 Å². The molecule has 0 radical (unpaired) electrons. The maximum Gasteiger partial charge on any atom is 0.364 e. The molecule has 0 saturated heterocycles. The zero-order valence-corrected chi connectivity index (χ0v) is 7.75. The van der Waals surface area contributed by atoms with Crippen LogP contribution in [0.4, 0.5) is 17.6 Å². The van der Waals surface area contributed by atoms with Gasteiger partial charge < -0.3 is 4.57 Å².